The first-order chi connectivity index (χ1) is 8.58. The number of carboxylic acid groups (broad SMARTS) is 1. The van der Waals surface area contributed by atoms with E-state index in [0.717, 1.165) is 32.3 Å². The van der Waals surface area contributed by atoms with Gasteiger partial charge in [0.25, 0.3) is 0 Å². The van der Waals surface area contributed by atoms with Crippen molar-refractivity contribution in [1.29, 1.82) is 0 Å². The number of nitrogens with one attached hydrogen (secondary N) is 1. The van der Waals surface area contributed by atoms with Gasteiger partial charge >= 0.3 is 5.97 Å². The van der Waals surface area contributed by atoms with E-state index in [0.29, 0.717) is 19.1 Å². The Morgan fingerprint density at radius 3 is 2.56 bits per heavy atom. The van der Waals surface area contributed by atoms with Crippen molar-refractivity contribution >= 4 is 5.97 Å². The lowest BCUT2D eigenvalue weighted by Crippen LogP contribution is -2.50. The van der Waals surface area contributed by atoms with Crippen molar-refractivity contribution in [2.24, 2.45) is 0 Å². The summed E-state index contributed by atoms with van der Waals surface area (Å²) in [6.07, 6.45) is 7.16. The second-order valence-electron chi connectivity index (χ2n) is 5.48. The average Bonchev–Trinajstić information content (AvgIpc) is 3.11. The van der Waals surface area contributed by atoms with Crippen molar-refractivity contribution in [1.82, 2.24) is 5.32 Å². The predicted octanol–water partition coefficient (Wildman–Crippen LogP) is 2.57. The second-order valence-corrected chi connectivity index (χ2v) is 5.48. The molecule has 0 aliphatic heterocycles. The fraction of sp³-hybridized carbons (Fsp3) is 0.929. The number of unbranched alkanes of at least 4 members (excludes halogenated alkanes) is 2. The molecule has 2 N–H and O–H groups in total. The van der Waals surface area contributed by atoms with Gasteiger partial charge in [-0.1, -0.05) is 19.8 Å². The van der Waals surface area contributed by atoms with Crippen LogP contribution in [0.3, 0.4) is 0 Å². The summed E-state index contributed by atoms with van der Waals surface area (Å²) in [7, 11) is 0. The fourth-order valence-corrected chi connectivity index (χ4v) is 2.00. The molecule has 1 saturated carbocycles. The van der Waals surface area contributed by atoms with Gasteiger partial charge in [0.2, 0.25) is 0 Å². The zero-order valence-corrected chi connectivity index (χ0v) is 11.7. The number of carbonyl (C=O) groups is 1. The minimum absolute atomic E-state index is 0.413. The van der Waals surface area contributed by atoms with Crippen LogP contribution in [0.2, 0.25) is 0 Å². The minimum atomic E-state index is -0.784. The molecule has 0 aromatic rings. The van der Waals surface area contributed by atoms with Gasteiger partial charge in [-0.2, -0.15) is 0 Å². The third kappa shape index (κ3) is 5.83. The van der Waals surface area contributed by atoms with Crippen LogP contribution >= 0.6 is 0 Å². The Hall–Kier alpha value is -0.610. The van der Waals surface area contributed by atoms with Crippen LogP contribution in [-0.4, -0.2) is 35.9 Å². The number of hydrogen-bond donors (Lipinski definition) is 2. The van der Waals surface area contributed by atoms with Crippen LogP contribution in [-0.2, 0) is 9.53 Å². The van der Waals surface area contributed by atoms with Crippen LogP contribution in [0.4, 0.5) is 0 Å². The summed E-state index contributed by atoms with van der Waals surface area (Å²) < 4.78 is 5.51. The first-order valence-corrected chi connectivity index (χ1v) is 7.17. The lowest BCUT2D eigenvalue weighted by Gasteiger charge is -2.26. The van der Waals surface area contributed by atoms with Gasteiger partial charge in [0.15, 0.2) is 0 Å². The first kappa shape index (κ1) is 15.4. The molecule has 1 unspecified atom stereocenters. The fourth-order valence-electron chi connectivity index (χ4n) is 2.00. The molecule has 0 radical (unpaired) electrons. The summed E-state index contributed by atoms with van der Waals surface area (Å²) in [5.74, 6) is -0.750. The summed E-state index contributed by atoms with van der Waals surface area (Å²) in [5.41, 5.74) is -0.784. The molecular weight excluding hydrogens is 230 g/mol. The average molecular weight is 257 g/mol. The molecule has 18 heavy (non-hydrogen) atoms. The maximum atomic E-state index is 11.3. The van der Waals surface area contributed by atoms with E-state index < -0.39 is 11.5 Å². The number of hydrogen-bond acceptors (Lipinski definition) is 3. The maximum Gasteiger partial charge on any atom is 0.323 e. The number of ether oxygens (including phenoxy) is 1. The molecule has 1 rings (SSSR count). The van der Waals surface area contributed by atoms with Crippen molar-refractivity contribution in [3.05, 3.63) is 0 Å². The van der Waals surface area contributed by atoms with Crippen LogP contribution in [0.5, 0.6) is 0 Å². The van der Waals surface area contributed by atoms with Crippen molar-refractivity contribution < 1.29 is 14.6 Å². The Balaban J connectivity index is 2.11. The Morgan fingerprint density at radius 2 is 2.00 bits per heavy atom. The topological polar surface area (TPSA) is 58.6 Å². The van der Waals surface area contributed by atoms with Gasteiger partial charge in [-0.3, -0.25) is 10.1 Å². The number of rotatable bonds is 11. The molecule has 0 spiro atoms. The van der Waals surface area contributed by atoms with Crippen LogP contribution in [0.15, 0.2) is 0 Å². The van der Waals surface area contributed by atoms with Crippen LogP contribution < -0.4 is 5.32 Å². The quantitative estimate of drug-likeness (QED) is 0.559. The van der Waals surface area contributed by atoms with Crippen molar-refractivity contribution in [3.8, 4) is 0 Å². The third-order valence-corrected chi connectivity index (χ3v) is 3.43. The van der Waals surface area contributed by atoms with E-state index >= 15 is 0 Å². The van der Waals surface area contributed by atoms with Crippen molar-refractivity contribution in [2.45, 2.75) is 70.4 Å². The van der Waals surface area contributed by atoms with E-state index in [1.54, 1.807) is 6.92 Å². The van der Waals surface area contributed by atoms with Gasteiger partial charge in [0.05, 0.1) is 0 Å². The SMILES string of the molecule is CCCCCOCCCC(C)(NC1CC1)C(=O)O. The van der Waals surface area contributed by atoms with Gasteiger partial charge < -0.3 is 9.84 Å². The minimum Gasteiger partial charge on any atom is -0.480 e. The summed E-state index contributed by atoms with van der Waals surface area (Å²) >= 11 is 0. The zero-order chi connectivity index (χ0) is 13.4. The van der Waals surface area contributed by atoms with Crippen LogP contribution in [0.25, 0.3) is 0 Å². The molecule has 0 saturated heterocycles. The second kappa shape index (κ2) is 7.74. The predicted molar refractivity (Wildman–Crippen MR) is 71.8 cm³/mol. The molecule has 0 bridgehead atoms. The summed E-state index contributed by atoms with van der Waals surface area (Å²) in [5, 5.41) is 12.5. The van der Waals surface area contributed by atoms with Crippen molar-refractivity contribution in [3.63, 3.8) is 0 Å². The molecule has 4 heteroatoms. The van der Waals surface area contributed by atoms with Gasteiger partial charge in [0.1, 0.15) is 5.54 Å². The van der Waals surface area contributed by atoms with Crippen LogP contribution in [0, 0.1) is 0 Å². The van der Waals surface area contributed by atoms with E-state index in [4.69, 9.17) is 4.74 Å². The Kier molecular flexibility index (Phi) is 6.65. The smallest absolute Gasteiger partial charge is 0.323 e. The Bertz CT molecular complexity index is 253. The highest BCUT2D eigenvalue weighted by molar-refractivity contribution is 5.78. The summed E-state index contributed by atoms with van der Waals surface area (Å²) in [6.45, 7) is 5.42. The van der Waals surface area contributed by atoms with Gasteiger partial charge in [-0.15, -0.1) is 0 Å². The van der Waals surface area contributed by atoms with Gasteiger partial charge in [-0.25, -0.2) is 0 Å². The molecule has 0 amide bonds. The van der Waals surface area contributed by atoms with Gasteiger partial charge in [0, 0.05) is 19.3 Å². The lowest BCUT2D eigenvalue weighted by atomic mass is 9.96. The third-order valence-electron chi connectivity index (χ3n) is 3.43. The monoisotopic (exact) mass is 257 g/mol. The summed E-state index contributed by atoms with van der Waals surface area (Å²) in [4.78, 5) is 11.3. The molecule has 0 heterocycles. The maximum absolute atomic E-state index is 11.3. The largest absolute Gasteiger partial charge is 0.480 e. The molecule has 4 nitrogen and oxygen atoms in total. The lowest BCUT2D eigenvalue weighted by molar-refractivity contribution is -0.144. The number of carboxylic acids is 1. The first-order valence-electron chi connectivity index (χ1n) is 7.17. The molecule has 1 fully saturated rings. The highest BCUT2D eigenvalue weighted by Crippen LogP contribution is 2.25. The molecule has 1 aliphatic rings. The standard InChI is InChI=1S/C14H27NO3/c1-3-4-5-10-18-11-6-9-14(2,13(16)17)15-12-7-8-12/h12,15H,3-11H2,1-2H3,(H,16,17). The zero-order valence-electron chi connectivity index (χ0n) is 11.7. The Morgan fingerprint density at radius 1 is 1.33 bits per heavy atom. The number of aliphatic carboxylic acids is 1. The van der Waals surface area contributed by atoms with Crippen LogP contribution in [0.1, 0.15) is 58.8 Å². The molecule has 1 aliphatic carbocycles. The van der Waals surface area contributed by atoms with Gasteiger partial charge in [-0.05, 0) is 39.0 Å². The normalized spacial score (nSPS) is 18.6. The van der Waals surface area contributed by atoms with E-state index in [-0.39, 0.29) is 0 Å². The van der Waals surface area contributed by atoms with E-state index in [2.05, 4.69) is 12.2 Å². The van der Waals surface area contributed by atoms with Crippen molar-refractivity contribution in [2.75, 3.05) is 13.2 Å². The molecular formula is C14H27NO3. The molecule has 106 valence electrons. The van der Waals surface area contributed by atoms with E-state index in [9.17, 15) is 9.90 Å². The molecule has 1 atom stereocenters. The van der Waals surface area contributed by atoms with E-state index in [1.807, 2.05) is 0 Å². The highest BCUT2D eigenvalue weighted by Gasteiger charge is 2.37. The Labute approximate surface area is 110 Å². The summed E-state index contributed by atoms with van der Waals surface area (Å²) in [6, 6.07) is 0.413. The van der Waals surface area contributed by atoms with E-state index in [1.165, 1.54) is 12.8 Å². The molecule has 0 aromatic heterocycles. The highest BCUT2D eigenvalue weighted by atomic mass is 16.5. The molecule has 0 aromatic carbocycles.